The van der Waals surface area contributed by atoms with Gasteiger partial charge in [0.2, 0.25) is 11.8 Å². The zero-order chi connectivity index (χ0) is 11.6. The number of hydrogen-bond acceptors (Lipinski definition) is 2. The molecule has 3 heteroatoms. The van der Waals surface area contributed by atoms with E-state index in [-0.39, 0.29) is 22.6 Å². The van der Waals surface area contributed by atoms with E-state index < -0.39 is 5.54 Å². The van der Waals surface area contributed by atoms with Gasteiger partial charge in [-0.15, -0.1) is 0 Å². The molecule has 1 saturated carbocycles. The third kappa shape index (κ3) is 1.18. The van der Waals surface area contributed by atoms with Gasteiger partial charge in [0.1, 0.15) is 0 Å². The van der Waals surface area contributed by atoms with Crippen molar-refractivity contribution in [3.8, 4) is 0 Å². The van der Waals surface area contributed by atoms with Gasteiger partial charge in [0.25, 0.3) is 0 Å². The fourth-order valence-corrected chi connectivity index (χ4v) is 3.21. The van der Waals surface area contributed by atoms with Crippen molar-refractivity contribution in [3.63, 3.8) is 0 Å². The molecule has 2 amide bonds. The molecule has 0 aromatic heterocycles. The van der Waals surface area contributed by atoms with Crippen molar-refractivity contribution in [1.82, 2.24) is 4.90 Å². The first-order valence-electron chi connectivity index (χ1n) is 5.49. The van der Waals surface area contributed by atoms with Crippen LogP contribution < -0.4 is 0 Å². The van der Waals surface area contributed by atoms with Crippen molar-refractivity contribution in [2.75, 3.05) is 0 Å². The Morgan fingerprint density at radius 1 is 1.00 bits per heavy atom. The molecule has 15 heavy (non-hydrogen) atoms. The van der Waals surface area contributed by atoms with Crippen molar-refractivity contribution in [3.05, 3.63) is 0 Å². The summed E-state index contributed by atoms with van der Waals surface area (Å²) in [7, 11) is 0. The van der Waals surface area contributed by atoms with Crippen LogP contribution in [0.1, 0.15) is 47.5 Å². The minimum Gasteiger partial charge on any atom is -0.276 e. The van der Waals surface area contributed by atoms with Crippen LogP contribution >= 0.6 is 0 Å². The highest BCUT2D eigenvalue weighted by atomic mass is 16.2. The summed E-state index contributed by atoms with van der Waals surface area (Å²) in [5.74, 6) is 0.0347. The Hall–Kier alpha value is -0.860. The van der Waals surface area contributed by atoms with Crippen LogP contribution in [0.5, 0.6) is 0 Å². The summed E-state index contributed by atoms with van der Waals surface area (Å²) >= 11 is 0. The number of carbonyl (C=O) groups is 2. The van der Waals surface area contributed by atoms with Gasteiger partial charge in [-0.25, -0.2) is 0 Å². The molecule has 0 unspecified atom stereocenters. The molecule has 3 nitrogen and oxygen atoms in total. The number of rotatable bonds is 0. The molecule has 2 aliphatic heterocycles. The maximum atomic E-state index is 12.2. The molecule has 3 aliphatic rings. The first kappa shape index (κ1) is 10.7. The summed E-state index contributed by atoms with van der Waals surface area (Å²) in [5, 5.41) is 0. The third-order valence-electron chi connectivity index (χ3n) is 3.67. The SMILES string of the molecule is CC12CC(C)(C1)C(=O)N(C(C)(C)C)C2=O. The monoisotopic (exact) mass is 209 g/mol. The molecule has 84 valence electrons. The minimum absolute atomic E-state index is 0.0173. The topological polar surface area (TPSA) is 37.4 Å². The predicted octanol–water partition coefficient (Wildman–Crippen LogP) is 1.96. The lowest BCUT2D eigenvalue weighted by Crippen LogP contribution is -2.70. The lowest BCUT2D eigenvalue weighted by molar-refractivity contribution is -0.194. The van der Waals surface area contributed by atoms with E-state index in [1.54, 1.807) is 0 Å². The Morgan fingerprint density at radius 3 is 1.60 bits per heavy atom. The van der Waals surface area contributed by atoms with E-state index in [9.17, 15) is 9.59 Å². The first-order valence-corrected chi connectivity index (χ1v) is 5.49. The summed E-state index contributed by atoms with van der Waals surface area (Å²) in [4.78, 5) is 25.9. The fraction of sp³-hybridized carbons (Fsp3) is 0.833. The van der Waals surface area contributed by atoms with Crippen molar-refractivity contribution >= 4 is 11.8 Å². The van der Waals surface area contributed by atoms with Gasteiger partial charge in [-0.05, 0) is 33.6 Å². The van der Waals surface area contributed by atoms with E-state index in [0.29, 0.717) is 0 Å². The van der Waals surface area contributed by atoms with Crippen LogP contribution in [0.15, 0.2) is 0 Å². The summed E-state index contributed by atoms with van der Waals surface area (Å²) in [5.41, 5.74) is -0.955. The van der Waals surface area contributed by atoms with E-state index >= 15 is 0 Å². The lowest BCUT2D eigenvalue weighted by Gasteiger charge is -2.60. The van der Waals surface area contributed by atoms with Gasteiger partial charge in [0.15, 0.2) is 0 Å². The van der Waals surface area contributed by atoms with Gasteiger partial charge < -0.3 is 0 Å². The minimum atomic E-state index is -0.391. The van der Waals surface area contributed by atoms with E-state index in [0.717, 1.165) is 12.8 Å². The Morgan fingerprint density at radius 2 is 1.33 bits per heavy atom. The molecule has 3 fully saturated rings. The highest BCUT2D eigenvalue weighted by Crippen LogP contribution is 2.60. The van der Waals surface area contributed by atoms with E-state index in [1.807, 2.05) is 34.6 Å². The van der Waals surface area contributed by atoms with Gasteiger partial charge in [0, 0.05) is 16.4 Å². The van der Waals surface area contributed by atoms with Crippen molar-refractivity contribution < 1.29 is 9.59 Å². The molecule has 1 aliphatic carbocycles. The Balaban J connectivity index is 2.42. The van der Waals surface area contributed by atoms with Crippen LogP contribution in [0.25, 0.3) is 0 Å². The molecule has 0 spiro atoms. The van der Waals surface area contributed by atoms with E-state index in [1.165, 1.54) is 4.90 Å². The van der Waals surface area contributed by atoms with Gasteiger partial charge in [-0.3, -0.25) is 14.5 Å². The summed E-state index contributed by atoms with van der Waals surface area (Å²) < 4.78 is 0. The van der Waals surface area contributed by atoms with Gasteiger partial charge in [0.05, 0.1) is 0 Å². The molecule has 3 rings (SSSR count). The quantitative estimate of drug-likeness (QED) is 0.572. The van der Waals surface area contributed by atoms with Crippen molar-refractivity contribution in [2.24, 2.45) is 10.8 Å². The molecule has 2 saturated heterocycles. The van der Waals surface area contributed by atoms with Crippen LogP contribution in [-0.2, 0) is 9.59 Å². The van der Waals surface area contributed by atoms with Gasteiger partial charge in [-0.1, -0.05) is 13.8 Å². The third-order valence-corrected chi connectivity index (χ3v) is 3.67. The molecule has 0 aromatic rings. The normalized spacial score (nSPS) is 40.5. The highest BCUT2D eigenvalue weighted by Gasteiger charge is 2.66. The molecule has 0 aromatic carbocycles. The molecule has 0 N–H and O–H groups in total. The molecular formula is C12H19NO2. The van der Waals surface area contributed by atoms with Crippen LogP contribution in [-0.4, -0.2) is 22.3 Å². The highest BCUT2D eigenvalue weighted by molar-refractivity contribution is 6.07. The fourth-order valence-electron chi connectivity index (χ4n) is 3.21. The molecule has 2 bridgehead atoms. The second-order valence-corrected chi connectivity index (χ2v) is 6.59. The molecule has 2 heterocycles. The number of carbonyl (C=O) groups excluding carboxylic acids is 2. The molecule has 0 atom stereocenters. The standard InChI is InChI=1S/C12H19NO2/c1-10(2,3)13-8(14)11(4)6-12(5,7-11)9(13)15/h6-7H2,1-5H3. The summed E-state index contributed by atoms with van der Waals surface area (Å²) in [6.45, 7) is 9.70. The smallest absolute Gasteiger partial charge is 0.235 e. The summed E-state index contributed by atoms with van der Waals surface area (Å²) in [6, 6.07) is 0. The number of hydrogen-bond donors (Lipinski definition) is 0. The maximum Gasteiger partial charge on any atom is 0.235 e. The van der Waals surface area contributed by atoms with Crippen molar-refractivity contribution in [2.45, 2.75) is 53.0 Å². The second-order valence-electron chi connectivity index (χ2n) is 6.59. The summed E-state index contributed by atoms with van der Waals surface area (Å²) in [6.07, 6.45) is 1.45. The van der Waals surface area contributed by atoms with Crippen molar-refractivity contribution in [1.29, 1.82) is 0 Å². The van der Waals surface area contributed by atoms with Gasteiger partial charge >= 0.3 is 0 Å². The maximum absolute atomic E-state index is 12.2. The zero-order valence-corrected chi connectivity index (χ0v) is 10.2. The average molecular weight is 209 g/mol. The van der Waals surface area contributed by atoms with Crippen LogP contribution in [0.3, 0.4) is 0 Å². The predicted molar refractivity (Wildman–Crippen MR) is 57.1 cm³/mol. The van der Waals surface area contributed by atoms with Gasteiger partial charge in [-0.2, -0.15) is 0 Å². The zero-order valence-electron chi connectivity index (χ0n) is 10.2. The number of imide groups is 1. The Bertz CT molecular complexity index is 319. The lowest BCUT2D eigenvalue weighted by atomic mass is 9.50. The number of nitrogens with zero attached hydrogens (tertiary/aromatic N) is 1. The van der Waals surface area contributed by atoms with E-state index in [2.05, 4.69) is 0 Å². The Labute approximate surface area is 90.8 Å². The number of amides is 2. The Kier molecular flexibility index (Phi) is 1.74. The average Bonchev–Trinajstić information content (AvgIpc) is 1.95. The van der Waals surface area contributed by atoms with Crippen LogP contribution in [0, 0.1) is 10.8 Å². The molecular weight excluding hydrogens is 190 g/mol. The van der Waals surface area contributed by atoms with Crippen LogP contribution in [0.2, 0.25) is 0 Å². The van der Waals surface area contributed by atoms with E-state index in [4.69, 9.17) is 0 Å². The largest absolute Gasteiger partial charge is 0.276 e. The number of fused-ring (bicyclic) bond motifs is 2. The molecule has 0 radical (unpaired) electrons. The number of piperidine rings is 2. The second kappa shape index (κ2) is 2.45. The first-order chi connectivity index (χ1) is 6.60. The van der Waals surface area contributed by atoms with Crippen LogP contribution in [0.4, 0.5) is 0 Å².